The van der Waals surface area contributed by atoms with E-state index in [1.165, 1.54) is 12.8 Å². The Labute approximate surface area is 112 Å². The van der Waals surface area contributed by atoms with Crippen molar-refractivity contribution in [2.45, 2.75) is 51.4 Å². The molecule has 0 aromatic heterocycles. The Morgan fingerprint density at radius 1 is 1.16 bits per heavy atom. The molecule has 1 saturated carbocycles. The summed E-state index contributed by atoms with van der Waals surface area (Å²) in [5.74, 6) is 0.849. The van der Waals surface area contributed by atoms with Crippen molar-refractivity contribution in [1.82, 2.24) is 5.32 Å². The average Bonchev–Trinajstić information content (AvgIpc) is 3.11. The molecular formula is C15H20F3N. The fraction of sp³-hybridized carbons (Fsp3) is 0.600. The van der Waals surface area contributed by atoms with Crippen LogP contribution in [-0.2, 0) is 6.18 Å². The van der Waals surface area contributed by atoms with Gasteiger partial charge in [0, 0.05) is 12.1 Å². The lowest BCUT2D eigenvalue weighted by Crippen LogP contribution is -2.29. The first kappa shape index (κ1) is 14.4. The molecule has 0 spiro atoms. The molecule has 4 heteroatoms. The molecular weight excluding hydrogens is 251 g/mol. The van der Waals surface area contributed by atoms with Crippen molar-refractivity contribution in [2.75, 3.05) is 0 Å². The molecule has 2 atom stereocenters. The standard InChI is InChI=1S/C15H20F3N/c1-10(9-12-3-4-12)19-11(2)13-5-7-14(8-6-13)15(16,17)18/h5-8,10-12,19H,3-4,9H2,1-2H3. The van der Waals surface area contributed by atoms with E-state index in [-0.39, 0.29) is 6.04 Å². The molecule has 106 valence electrons. The Hall–Kier alpha value is -1.03. The summed E-state index contributed by atoms with van der Waals surface area (Å²) in [5, 5.41) is 3.44. The first-order valence-corrected chi connectivity index (χ1v) is 6.79. The Morgan fingerprint density at radius 2 is 1.74 bits per heavy atom. The van der Waals surface area contributed by atoms with Crippen LogP contribution >= 0.6 is 0 Å². The van der Waals surface area contributed by atoms with Gasteiger partial charge in [-0.1, -0.05) is 25.0 Å². The summed E-state index contributed by atoms with van der Waals surface area (Å²) in [5.41, 5.74) is 0.310. The minimum atomic E-state index is -4.26. The third kappa shape index (κ3) is 4.23. The van der Waals surface area contributed by atoms with Crippen molar-refractivity contribution in [1.29, 1.82) is 0 Å². The van der Waals surface area contributed by atoms with Gasteiger partial charge in [0.2, 0.25) is 0 Å². The van der Waals surface area contributed by atoms with Gasteiger partial charge >= 0.3 is 6.18 Å². The molecule has 0 aliphatic heterocycles. The number of hydrogen-bond acceptors (Lipinski definition) is 1. The Bertz CT molecular complexity index is 406. The third-order valence-electron chi connectivity index (χ3n) is 3.66. The number of benzene rings is 1. The molecule has 1 N–H and O–H groups in total. The largest absolute Gasteiger partial charge is 0.416 e. The minimum absolute atomic E-state index is 0.0797. The van der Waals surface area contributed by atoms with Gasteiger partial charge in [0.1, 0.15) is 0 Å². The van der Waals surface area contributed by atoms with Crippen molar-refractivity contribution in [3.63, 3.8) is 0 Å². The molecule has 0 bridgehead atoms. The highest BCUT2D eigenvalue weighted by Gasteiger charge is 2.30. The second kappa shape index (κ2) is 5.53. The monoisotopic (exact) mass is 271 g/mol. The summed E-state index contributed by atoms with van der Waals surface area (Å²) in [4.78, 5) is 0. The van der Waals surface area contributed by atoms with E-state index in [0.717, 1.165) is 30.0 Å². The van der Waals surface area contributed by atoms with Crippen LogP contribution in [0.5, 0.6) is 0 Å². The molecule has 1 nitrogen and oxygen atoms in total. The van der Waals surface area contributed by atoms with Gasteiger partial charge in [-0.3, -0.25) is 0 Å². The van der Waals surface area contributed by atoms with E-state index in [2.05, 4.69) is 12.2 Å². The summed E-state index contributed by atoms with van der Waals surface area (Å²) in [6, 6.07) is 5.91. The van der Waals surface area contributed by atoms with Gasteiger partial charge in [0.15, 0.2) is 0 Å². The van der Waals surface area contributed by atoms with Gasteiger partial charge in [-0.25, -0.2) is 0 Å². The van der Waals surface area contributed by atoms with E-state index < -0.39 is 11.7 Å². The third-order valence-corrected chi connectivity index (χ3v) is 3.66. The second-order valence-corrected chi connectivity index (χ2v) is 5.59. The number of halogens is 3. The molecule has 1 aliphatic carbocycles. The van der Waals surface area contributed by atoms with E-state index in [0.29, 0.717) is 6.04 Å². The maximum Gasteiger partial charge on any atom is 0.416 e. The molecule has 0 radical (unpaired) electrons. The van der Waals surface area contributed by atoms with Crippen LogP contribution in [0.3, 0.4) is 0 Å². The van der Waals surface area contributed by atoms with Crippen LogP contribution in [0.25, 0.3) is 0 Å². The SMILES string of the molecule is CC(CC1CC1)NC(C)c1ccc(C(F)(F)F)cc1. The fourth-order valence-corrected chi connectivity index (χ4v) is 2.41. The molecule has 1 aromatic carbocycles. The topological polar surface area (TPSA) is 12.0 Å². The smallest absolute Gasteiger partial charge is 0.308 e. The Morgan fingerprint density at radius 3 is 2.21 bits per heavy atom. The first-order chi connectivity index (χ1) is 8.86. The highest BCUT2D eigenvalue weighted by atomic mass is 19.4. The second-order valence-electron chi connectivity index (χ2n) is 5.59. The van der Waals surface area contributed by atoms with Crippen molar-refractivity contribution in [3.05, 3.63) is 35.4 Å². The molecule has 2 rings (SSSR count). The van der Waals surface area contributed by atoms with Crippen LogP contribution in [0.15, 0.2) is 24.3 Å². The van der Waals surface area contributed by atoms with Crippen LogP contribution in [0, 0.1) is 5.92 Å². The van der Waals surface area contributed by atoms with Crippen molar-refractivity contribution >= 4 is 0 Å². The summed E-state index contributed by atoms with van der Waals surface area (Å²) in [6.07, 6.45) is -0.458. The summed E-state index contributed by atoms with van der Waals surface area (Å²) < 4.78 is 37.4. The fourth-order valence-electron chi connectivity index (χ4n) is 2.41. The Balaban J connectivity index is 1.92. The zero-order valence-electron chi connectivity index (χ0n) is 11.3. The van der Waals surface area contributed by atoms with Crippen LogP contribution in [0.1, 0.15) is 50.3 Å². The molecule has 1 aromatic rings. The summed E-state index contributed by atoms with van der Waals surface area (Å²) in [6.45, 7) is 4.13. The summed E-state index contributed by atoms with van der Waals surface area (Å²) in [7, 11) is 0. The van der Waals surface area contributed by atoms with Gasteiger partial charge in [0.05, 0.1) is 5.56 Å². The summed E-state index contributed by atoms with van der Waals surface area (Å²) >= 11 is 0. The normalized spacial score (nSPS) is 19.2. The predicted octanol–water partition coefficient (Wildman–Crippen LogP) is 4.54. The van der Waals surface area contributed by atoms with Gasteiger partial charge in [-0.05, 0) is 43.9 Å². The van der Waals surface area contributed by atoms with E-state index in [9.17, 15) is 13.2 Å². The quantitative estimate of drug-likeness (QED) is 0.828. The van der Waals surface area contributed by atoms with Crippen LogP contribution in [0.4, 0.5) is 13.2 Å². The number of rotatable bonds is 5. The Kier molecular flexibility index (Phi) is 4.19. The number of hydrogen-bond donors (Lipinski definition) is 1. The first-order valence-electron chi connectivity index (χ1n) is 6.79. The van der Waals surface area contributed by atoms with Gasteiger partial charge in [0.25, 0.3) is 0 Å². The predicted molar refractivity (Wildman–Crippen MR) is 69.8 cm³/mol. The molecule has 1 fully saturated rings. The van der Waals surface area contributed by atoms with Crippen molar-refractivity contribution < 1.29 is 13.2 Å². The van der Waals surface area contributed by atoms with Crippen LogP contribution in [-0.4, -0.2) is 6.04 Å². The van der Waals surface area contributed by atoms with E-state index in [4.69, 9.17) is 0 Å². The molecule has 19 heavy (non-hydrogen) atoms. The maximum absolute atomic E-state index is 12.5. The van der Waals surface area contributed by atoms with E-state index in [1.807, 2.05) is 6.92 Å². The molecule has 2 unspecified atom stereocenters. The van der Waals surface area contributed by atoms with Crippen LogP contribution < -0.4 is 5.32 Å². The van der Waals surface area contributed by atoms with E-state index >= 15 is 0 Å². The highest BCUT2D eigenvalue weighted by molar-refractivity contribution is 5.26. The molecule has 0 amide bonds. The average molecular weight is 271 g/mol. The van der Waals surface area contributed by atoms with Crippen molar-refractivity contribution in [3.8, 4) is 0 Å². The molecule has 0 saturated heterocycles. The number of nitrogens with one attached hydrogen (secondary N) is 1. The van der Waals surface area contributed by atoms with Gasteiger partial charge < -0.3 is 5.32 Å². The zero-order valence-corrected chi connectivity index (χ0v) is 11.3. The van der Waals surface area contributed by atoms with Gasteiger partial charge in [-0.2, -0.15) is 13.2 Å². The van der Waals surface area contributed by atoms with Crippen LogP contribution in [0.2, 0.25) is 0 Å². The lowest BCUT2D eigenvalue weighted by molar-refractivity contribution is -0.137. The molecule has 0 heterocycles. The highest BCUT2D eigenvalue weighted by Crippen LogP contribution is 2.34. The van der Waals surface area contributed by atoms with Crippen molar-refractivity contribution in [2.24, 2.45) is 5.92 Å². The maximum atomic E-state index is 12.5. The van der Waals surface area contributed by atoms with E-state index in [1.54, 1.807) is 12.1 Å². The van der Waals surface area contributed by atoms with Gasteiger partial charge in [-0.15, -0.1) is 0 Å². The molecule has 1 aliphatic rings. The zero-order chi connectivity index (χ0) is 14.0. The lowest BCUT2D eigenvalue weighted by atomic mass is 10.0. The number of alkyl halides is 3. The lowest BCUT2D eigenvalue weighted by Gasteiger charge is -2.20. The minimum Gasteiger partial charge on any atom is -0.308 e.